The number of nitro benzene ring substituents is 1. The highest BCUT2D eigenvalue weighted by molar-refractivity contribution is 5.60. The molecule has 1 N–H and O–H groups in total. The summed E-state index contributed by atoms with van der Waals surface area (Å²) < 4.78 is 1.72. The van der Waals surface area contributed by atoms with Gasteiger partial charge in [-0.15, -0.1) is 0 Å². The third-order valence-electron chi connectivity index (χ3n) is 3.03. The Kier molecular flexibility index (Phi) is 4.13. The normalized spacial score (nSPS) is 10.1. The molecule has 0 aliphatic heterocycles. The maximum absolute atomic E-state index is 12.0. The molecule has 0 bridgehead atoms. The Bertz CT molecular complexity index is 859. The van der Waals surface area contributed by atoms with E-state index in [0.29, 0.717) is 16.8 Å². The number of rotatable bonds is 2. The molecule has 1 aromatic carbocycles. The van der Waals surface area contributed by atoms with Gasteiger partial charge in [-0.3, -0.25) is 14.9 Å². The quantitative estimate of drug-likeness (QED) is 0.355. The van der Waals surface area contributed by atoms with Crippen LogP contribution in [0.2, 0.25) is 0 Å². The van der Waals surface area contributed by atoms with E-state index in [4.69, 9.17) is 0 Å². The molecular weight excluding hydrogens is 338 g/mol. The zero-order chi connectivity index (χ0) is 14.1. The number of halogens is 1. The highest BCUT2D eigenvalue weighted by atomic mass is 79.9. The zero-order valence-electron chi connectivity index (χ0n) is 10.7. The monoisotopic (exact) mass is 347 g/mol. The summed E-state index contributed by atoms with van der Waals surface area (Å²) in [5.41, 5.74) is 1.67. The minimum atomic E-state index is -0.457. The third kappa shape index (κ3) is 2.82. The van der Waals surface area contributed by atoms with Crippen molar-refractivity contribution in [3.63, 3.8) is 0 Å². The summed E-state index contributed by atoms with van der Waals surface area (Å²) in [5, 5.41) is 10.6. The van der Waals surface area contributed by atoms with Crippen LogP contribution >= 0.6 is 0 Å². The summed E-state index contributed by atoms with van der Waals surface area (Å²) in [4.78, 5) is 24.9. The van der Waals surface area contributed by atoms with E-state index < -0.39 is 4.92 Å². The number of aromatic nitrogens is 2. The molecule has 0 spiro atoms. The van der Waals surface area contributed by atoms with Crippen LogP contribution < -0.4 is 26.9 Å². The van der Waals surface area contributed by atoms with Gasteiger partial charge in [-0.2, -0.15) is 4.40 Å². The van der Waals surface area contributed by atoms with Gasteiger partial charge in [0.15, 0.2) is 12.4 Å². The first-order valence-corrected chi connectivity index (χ1v) is 5.93. The second kappa shape index (κ2) is 5.84. The average molecular weight is 348 g/mol. The van der Waals surface area contributed by atoms with Crippen LogP contribution in [-0.2, 0) is 0 Å². The van der Waals surface area contributed by atoms with Gasteiger partial charge >= 0.3 is 5.56 Å². The molecule has 3 rings (SSSR count). The Hall–Kier alpha value is -2.54. The Morgan fingerprint density at radius 3 is 2.48 bits per heavy atom. The van der Waals surface area contributed by atoms with E-state index >= 15 is 0 Å². The smallest absolute Gasteiger partial charge is 0.321 e. The van der Waals surface area contributed by atoms with Crippen molar-refractivity contribution in [3.8, 4) is 11.3 Å². The first kappa shape index (κ1) is 14.9. The number of benzene rings is 1. The molecule has 3 aromatic rings. The fourth-order valence-electron chi connectivity index (χ4n) is 2.03. The lowest BCUT2D eigenvalue weighted by Gasteiger charge is -1.99. The summed E-state index contributed by atoms with van der Waals surface area (Å²) in [6, 6.07) is 11.4. The molecule has 106 valence electrons. The molecule has 0 atom stereocenters. The molecule has 2 heterocycles. The van der Waals surface area contributed by atoms with Gasteiger partial charge in [0, 0.05) is 29.8 Å². The van der Waals surface area contributed by atoms with Crippen LogP contribution in [0.25, 0.3) is 16.8 Å². The standard InChI is InChI=1S/C14H9N3O3.BrH/c18-14-13-3-1-2-8-16(13)9-12(15-14)10-4-6-11(7-5-10)17(19)20;/h1-9H;1H. The summed E-state index contributed by atoms with van der Waals surface area (Å²) >= 11 is 0. The number of nitro groups is 1. The predicted molar refractivity (Wildman–Crippen MR) is 72.3 cm³/mol. The highest BCUT2D eigenvalue weighted by Crippen LogP contribution is 2.18. The van der Waals surface area contributed by atoms with E-state index in [1.165, 1.54) is 12.1 Å². The van der Waals surface area contributed by atoms with Gasteiger partial charge in [0.05, 0.1) is 4.92 Å². The van der Waals surface area contributed by atoms with E-state index in [2.05, 4.69) is 4.98 Å². The van der Waals surface area contributed by atoms with Gasteiger partial charge in [-0.25, -0.2) is 0 Å². The molecule has 21 heavy (non-hydrogen) atoms. The first-order valence-electron chi connectivity index (χ1n) is 5.93. The maximum atomic E-state index is 12.0. The third-order valence-corrected chi connectivity index (χ3v) is 3.03. The summed E-state index contributed by atoms with van der Waals surface area (Å²) in [7, 11) is 0. The van der Waals surface area contributed by atoms with Crippen LogP contribution in [0, 0.1) is 10.1 Å². The molecule has 0 aliphatic carbocycles. The van der Waals surface area contributed by atoms with E-state index in [1.807, 2.05) is 6.07 Å². The van der Waals surface area contributed by atoms with Gasteiger partial charge in [-0.1, -0.05) is 0 Å². The van der Waals surface area contributed by atoms with Crippen molar-refractivity contribution in [1.29, 1.82) is 0 Å². The molecule has 7 heteroatoms. The van der Waals surface area contributed by atoms with Gasteiger partial charge in [0.1, 0.15) is 5.69 Å². The fourth-order valence-corrected chi connectivity index (χ4v) is 2.03. The van der Waals surface area contributed by atoms with E-state index in [9.17, 15) is 14.9 Å². The van der Waals surface area contributed by atoms with E-state index in [-0.39, 0.29) is 28.2 Å². The van der Waals surface area contributed by atoms with Crippen LogP contribution in [0.15, 0.2) is 59.7 Å². The van der Waals surface area contributed by atoms with Gasteiger partial charge < -0.3 is 22.0 Å². The highest BCUT2D eigenvalue weighted by Gasteiger charge is 2.11. The summed E-state index contributed by atoms with van der Waals surface area (Å²) in [6.45, 7) is 0. The predicted octanol–water partition coefficient (Wildman–Crippen LogP) is -1.31. The van der Waals surface area contributed by atoms with Gasteiger partial charge in [0.25, 0.3) is 11.2 Å². The maximum Gasteiger partial charge on any atom is 0.321 e. The minimum absolute atomic E-state index is 0. The Morgan fingerprint density at radius 1 is 1.10 bits per heavy atom. The van der Waals surface area contributed by atoms with Crippen LogP contribution in [0.1, 0.15) is 0 Å². The first-order chi connectivity index (χ1) is 9.65. The van der Waals surface area contributed by atoms with Crippen molar-refractivity contribution in [2.45, 2.75) is 0 Å². The number of nitrogens with zero attached hydrogens (tertiary/aromatic N) is 2. The molecule has 0 fully saturated rings. The molecule has 0 amide bonds. The number of hydrogen-bond acceptors (Lipinski definition) is 3. The van der Waals surface area contributed by atoms with Crippen molar-refractivity contribution < 1.29 is 26.3 Å². The SMILES string of the molecule is O=c1[nH]c(-c2ccc([N+](=O)[O-])cc2)c[n+]2ccccc12.[Br-]. The van der Waals surface area contributed by atoms with Crippen LogP contribution in [0.5, 0.6) is 0 Å². The lowest BCUT2D eigenvalue weighted by molar-refractivity contribution is -0.512. The molecule has 0 saturated heterocycles. The summed E-state index contributed by atoms with van der Waals surface area (Å²) in [5.74, 6) is 0. The number of nitrogens with one attached hydrogen (secondary N) is 1. The molecule has 0 unspecified atom stereocenters. The number of H-pyrrole nitrogens is 1. The fraction of sp³-hybridized carbons (Fsp3) is 0. The van der Waals surface area contributed by atoms with Crippen molar-refractivity contribution in [1.82, 2.24) is 4.98 Å². The van der Waals surface area contributed by atoms with Crippen LogP contribution in [0.3, 0.4) is 0 Å². The topological polar surface area (TPSA) is 80.1 Å². The number of hydrogen-bond donors (Lipinski definition) is 1. The second-order valence-corrected chi connectivity index (χ2v) is 4.29. The van der Waals surface area contributed by atoms with E-state index in [1.54, 1.807) is 41.1 Å². The molecule has 2 aromatic heterocycles. The molecular formula is C14H10BrN3O3. The molecule has 6 nitrogen and oxygen atoms in total. The Labute approximate surface area is 129 Å². The lowest BCUT2D eigenvalue weighted by Crippen LogP contribution is -3.00. The number of pyridine rings is 1. The molecule has 0 aliphatic rings. The van der Waals surface area contributed by atoms with Crippen molar-refractivity contribution in [2.75, 3.05) is 0 Å². The van der Waals surface area contributed by atoms with Crippen LogP contribution in [-0.4, -0.2) is 9.91 Å². The summed E-state index contributed by atoms with van der Waals surface area (Å²) in [6.07, 6.45) is 3.55. The second-order valence-electron chi connectivity index (χ2n) is 4.29. The molecule has 0 radical (unpaired) electrons. The minimum Gasteiger partial charge on any atom is -1.00 e. The van der Waals surface area contributed by atoms with Crippen molar-refractivity contribution >= 4 is 11.2 Å². The van der Waals surface area contributed by atoms with Crippen molar-refractivity contribution in [2.24, 2.45) is 0 Å². The van der Waals surface area contributed by atoms with Gasteiger partial charge in [0.2, 0.25) is 0 Å². The number of non-ortho nitro benzene ring substituents is 1. The Morgan fingerprint density at radius 2 is 1.81 bits per heavy atom. The number of aromatic amines is 1. The lowest BCUT2D eigenvalue weighted by atomic mass is 10.1. The van der Waals surface area contributed by atoms with Crippen molar-refractivity contribution in [3.05, 3.63) is 75.3 Å². The van der Waals surface area contributed by atoms with Gasteiger partial charge in [-0.05, 0) is 18.2 Å². The Balaban J connectivity index is 0.00000161. The van der Waals surface area contributed by atoms with E-state index in [0.717, 1.165) is 0 Å². The number of fused-ring (bicyclic) bond motifs is 1. The average Bonchev–Trinajstić information content (AvgIpc) is 2.47. The molecule has 0 saturated carbocycles. The van der Waals surface area contributed by atoms with Crippen LogP contribution in [0.4, 0.5) is 5.69 Å². The zero-order valence-corrected chi connectivity index (χ0v) is 12.3. The largest absolute Gasteiger partial charge is 1.00 e.